The molecule has 0 spiro atoms. The lowest BCUT2D eigenvalue weighted by atomic mass is 10.1. The molecular weight excluding hydrogens is 404 g/mol. The number of rotatable bonds is 6. The minimum absolute atomic E-state index is 0.0681. The SMILES string of the molecule is CC(=O)N1CCc2cc(S(=O)(=O)NC(C(=O)Nc3ccc(C)cn3)C(C)C)ccc21. The Balaban J connectivity index is 1.80. The van der Waals surface area contributed by atoms with Crippen molar-refractivity contribution in [1.29, 1.82) is 0 Å². The summed E-state index contributed by atoms with van der Waals surface area (Å²) in [6.07, 6.45) is 2.21. The highest BCUT2D eigenvalue weighted by atomic mass is 32.2. The lowest BCUT2D eigenvalue weighted by Gasteiger charge is -2.22. The van der Waals surface area contributed by atoms with Gasteiger partial charge in [0, 0.05) is 25.4 Å². The third kappa shape index (κ3) is 4.68. The van der Waals surface area contributed by atoms with E-state index in [-0.39, 0.29) is 16.7 Å². The van der Waals surface area contributed by atoms with E-state index in [9.17, 15) is 18.0 Å². The van der Waals surface area contributed by atoms with Crippen LogP contribution in [0.3, 0.4) is 0 Å². The first-order valence-electron chi connectivity index (χ1n) is 9.75. The van der Waals surface area contributed by atoms with Crippen LogP contribution in [0.1, 0.15) is 31.9 Å². The molecule has 1 aromatic carbocycles. The van der Waals surface area contributed by atoms with Crippen LogP contribution in [0.5, 0.6) is 0 Å². The van der Waals surface area contributed by atoms with Gasteiger partial charge in [-0.3, -0.25) is 9.59 Å². The van der Waals surface area contributed by atoms with Gasteiger partial charge in [0.25, 0.3) is 0 Å². The minimum atomic E-state index is -3.94. The molecule has 1 unspecified atom stereocenters. The van der Waals surface area contributed by atoms with E-state index in [0.29, 0.717) is 18.8 Å². The molecule has 1 aromatic heterocycles. The maximum Gasteiger partial charge on any atom is 0.243 e. The van der Waals surface area contributed by atoms with Crippen LogP contribution in [-0.2, 0) is 26.0 Å². The zero-order valence-corrected chi connectivity index (χ0v) is 18.3. The third-order valence-corrected chi connectivity index (χ3v) is 6.47. The van der Waals surface area contributed by atoms with Crippen LogP contribution in [0, 0.1) is 12.8 Å². The Labute approximate surface area is 176 Å². The largest absolute Gasteiger partial charge is 0.312 e. The van der Waals surface area contributed by atoms with Gasteiger partial charge in [-0.05, 0) is 54.7 Å². The van der Waals surface area contributed by atoms with Crippen molar-refractivity contribution in [3.8, 4) is 0 Å². The number of amides is 2. The molecule has 1 aliphatic rings. The Morgan fingerprint density at radius 1 is 1.17 bits per heavy atom. The molecule has 0 saturated heterocycles. The van der Waals surface area contributed by atoms with Gasteiger partial charge >= 0.3 is 0 Å². The maximum absolute atomic E-state index is 13.0. The molecule has 30 heavy (non-hydrogen) atoms. The number of hydrogen-bond acceptors (Lipinski definition) is 5. The monoisotopic (exact) mass is 430 g/mol. The van der Waals surface area contributed by atoms with Crippen LogP contribution in [-0.4, -0.2) is 37.8 Å². The van der Waals surface area contributed by atoms with Crippen LogP contribution >= 0.6 is 0 Å². The Bertz CT molecular complexity index is 1060. The fourth-order valence-corrected chi connectivity index (χ4v) is 4.74. The summed E-state index contributed by atoms with van der Waals surface area (Å²) >= 11 is 0. The number of aryl methyl sites for hydroxylation is 1. The number of carbonyl (C=O) groups excluding carboxylic acids is 2. The first-order valence-corrected chi connectivity index (χ1v) is 11.2. The Kier molecular flexibility index (Phi) is 6.23. The number of fused-ring (bicyclic) bond motifs is 1. The number of sulfonamides is 1. The van der Waals surface area contributed by atoms with Crippen molar-refractivity contribution in [3.05, 3.63) is 47.7 Å². The van der Waals surface area contributed by atoms with Gasteiger partial charge in [0.05, 0.1) is 4.90 Å². The van der Waals surface area contributed by atoms with Crippen molar-refractivity contribution in [2.75, 3.05) is 16.8 Å². The lowest BCUT2D eigenvalue weighted by molar-refractivity contribution is -0.118. The van der Waals surface area contributed by atoms with Gasteiger partial charge in [-0.1, -0.05) is 19.9 Å². The predicted molar refractivity (Wildman–Crippen MR) is 115 cm³/mol. The summed E-state index contributed by atoms with van der Waals surface area (Å²) in [7, 11) is -3.94. The van der Waals surface area contributed by atoms with Gasteiger partial charge in [-0.15, -0.1) is 0 Å². The summed E-state index contributed by atoms with van der Waals surface area (Å²) in [5.41, 5.74) is 2.47. The van der Waals surface area contributed by atoms with Crippen molar-refractivity contribution in [2.24, 2.45) is 5.92 Å². The Morgan fingerprint density at radius 2 is 1.90 bits per heavy atom. The molecule has 8 nitrogen and oxygen atoms in total. The normalized spacial score (nSPS) is 14.5. The average Bonchev–Trinajstić information content (AvgIpc) is 3.11. The summed E-state index contributed by atoms with van der Waals surface area (Å²) in [4.78, 5) is 30.3. The van der Waals surface area contributed by atoms with E-state index in [2.05, 4.69) is 15.0 Å². The van der Waals surface area contributed by atoms with Crippen molar-refractivity contribution < 1.29 is 18.0 Å². The van der Waals surface area contributed by atoms with Gasteiger partial charge in [0.2, 0.25) is 21.8 Å². The van der Waals surface area contributed by atoms with E-state index >= 15 is 0 Å². The van der Waals surface area contributed by atoms with Gasteiger partial charge in [0.15, 0.2) is 0 Å². The fourth-order valence-electron chi connectivity index (χ4n) is 3.35. The van der Waals surface area contributed by atoms with Crippen LogP contribution in [0.15, 0.2) is 41.4 Å². The number of benzene rings is 1. The van der Waals surface area contributed by atoms with Crippen molar-refractivity contribution in [2.45, 2.75) is 45.1 Å². The highest BCUT2D eigenvalue weighted by Gasteiger charge is 2.30. The molecule has 3 rings (SSSR count). The first-order chi connectivity index (χ1) is 14.1. The Morgan fingerprint density at radius 3 is 2.50 bits per heavy atom. The number of anilines is 2. The van der Waals surface area contributed by atoms with E-state index in [0.717, 1.165) is 16.8 Å². The van der Waals surface area contributed by atoms with Crippen LogP contribution in [0.4, 0.5) is 11.5 Å². The summed E-state index contributed by atoms with van der Waals surface area (Å²) in [6.45, 7) is 7.43. The molecule has 2 amide bonds. The molecule has 160 valence electrons. The molecule has 2 N–H and O–H groups in total. The molecule has 1 aliphatic heterocycles. The topological polar surface area (TPSA) is 108 Å². The summed E-state index contributed by atoms with van der Waals surface area (Å²) in [6, 6.07) is 7.17. The number of nitrogens with one attached hydrogen (secondary N) is 2. The Hall–Kier alpha value is -2.78. The second-order valence-corrected chi connectivity index (χ2v) is 9.48. The molecule has 2 aromatic rings. The predicted octanol–water partition coefficient (Wildman–Crippen LogP) is 2.24. The van der Waals surface area contributed by atoms with Gasteiger partial charge in [-0.25, -0.2) is 13.4 Å². The maximum atomic E-state index is 13.0. The van der Waals surface area contributed by atoms with E-state index in [1.807, 2.05) is 13.0 Å². The molecular formula is C21H26N4O4S. The second kappa shape index (κ2) is 8.53. The van der Waals surface area contributed by atoms with E-state index < -0.39 is 22.0 Å². The molecule has 2 heterocycles. The minimum Gasteiger partial charge on any atom is -0.312 e. The van der Waals surface area contributed by atoms with Gasteiger partial charge in [0.1, 0.15) is 11.9 Å². The van der Waals surface area contributed by atoms with Crippen LogP contribution < -0.4 is 14.9 Å². The standard InChI is InChI=1S/C21H26N4O4S/c1-13(2)20(21(27)23-19-8-5-14(3)12-22-19)24-30(28,29)17-6-7-18-16(11-17)9-10-25(18)15(4)26/h5-8,11-13,20,24H,9-10H2,1-4H3,(H,22,23,27). The smallest absolute Gasteiger partial charge is 0.243 e. The average molecular weight is 431 g/mol. The van der Waals surface area contributed by atoms with Gasteiger partial charge < -0.3 is 10.2 Å². The first kappa shape index (κ1) is 21.9. The fraction of sp³-hybridized carbons (Fsp3) is 0.381. The quantitative estimate of drug-likeness (QED) is 0.731. The molecule has 0 fully saturated rings. The third-order valence-electron chi connectivity index (χ3n) is 5.03. The summed E-state index contributed by atoms with van der Waals surface area (Å²) in [5, 5.41) is 2.66. The number of nitrogens with zero attached hydrogens (tertiary/aromatic N) is 2. The van der Waals surface area contributed by atoms with Crippen molar-refractivity contribution >= 4 is 33.3 Å². The summed E-state index contributed by atoms with van der Waals surface area (Å²) < 4.78 is 28.5. The summed E-state index contributed by atoms with van der Waals surface area (Å²) in [5.74, 6) is -0.484. The number of carbonyl (C=O) groups is 2. The zero-order valence-electron chi connectivity index (χ0n) is 17.5. The molecule has 0 bridgehead atoms. The van der Waals surface area contributed by atoms with E-state index in [1.54, 1.807) is 43.1 Å². The van der Waals surface area contributed by atoms with E-state index in [1.165, 1.54) is 13.0 Å². The van der Waals surface area contributed by atoms with Crippen LogP contribution in [0.2, 0.25) is 0 Å². The van der Waals surface area contributed by atoms with Crippen LogP contribution in [0.25, 0.3) is 0 Å². The second-order valence-electron chi connectivity index (χ2n) is 7.76. The number of pyridine rings is 1. The van der Waals surface area contributed by atoms with Crippen molar-refractivity contribution in [1.82, 2.24) is 9.71 Å². The molecule has 9 heteroatoms. The van der Waals surface area contributed by atoms with Gasteiger partial charge in [-0.2, -0.15) is 4.72 Å². The highest BCUT2D eigenvalue weighted by molar-refractivity contribution is 7.89. The highest BCUT2D eigenvalue weighted by Crippen LogP contribution is 2.30. The van der Waals surface area contributed by atoms with Crippen molar-refractivity contribution in [3.63, 3.8) is 0 Å². The van der Waals surface area contributed by atoms with E-state index in [4.69, 9.17) is 0 Å². The zero-order chi connectivity index (χ0) is 22.1. The lowest BCUT2D eigenvalue weighted by Crippen LogP contribution is -2.47. The molecule has 0 aliphatic carbocycles. The number of aromatic nitrogens is 1. The molecule has 0 saturated carbocycles. The molecule has 0 radical (unpaired) electrons. The number of hydrogen-bond donors (Lipinski definition) is 2. The molecule has 1 atom stereocenters.